The second-order valence-corrected chi connectivity index (χ2v) is 5.66. The van der Waals surface area contributed by atoms with Crippen LogP contribution in [0.15, 0.2) is 35.4 Å². The number of hydrogen-bond acceptors (Lipinski definition) is 4. The van der Waals surface area contributed by atoms with E-state index in [9.17, 15) is 4.79 Å². The third-order valence-electron chi connectivity index (χ3n) is 3.01. The van der Waals surface area contributed by atoms with Crippen molar-refractivity contribution in [3.8, 4) is 11.3 Å². The minimum atomic E-state index is -0.794. The molecule has 1 N–H and O–H groups in total. The highest BCUT2D eigenvalue weighted by atomic mass is 32.2. The summed E-state index contributed by atoms with van der Waals surface area (Å²) in [4.78, 5) is 10.4. The number of carboxylic acids is 1. The first-order chi connectivity index (χ1) is 9.56. The van der Waals surface area contributed by atoms with Crippen LogP contribution in [0.25, 0.3) is 11.3 Å². The van der Waals surface area contributed by atoms with Gasteiger partial charge in [0.15, 0.2) is 0 Å². The van der Waals surface area contributed by atoms with Gasteiger partial charge in [-0.25, -0.2) is 0 Å². The molecule has 104 valence electrons. The highest BCUT2D eigenvalue weighted by Gasteiger charge is 2.04. The van der Waals surface area contributed by atoms with Crippen LogP contribution in [0.4, 0.5) is 0 Å². The lowest BCUT2D eigenvalue weighted by Crippen LogP contribution is -1.97. The van der Waals surface area contributed by atoms with Crippen molar-refractivity contribution < 1.29 is 9.90 Å². The van der Waals surface area contributed by atoms with Crippen molar-refractivity contribution in [2.75, 3.05) is 5.75 Å². The number of rotatable bonds is 5. The molecule has 0 radical (unpaired) electrons. The summed E-state index contributed by atoms with van der Waals surface area (Å²) in [6.07, 6.45) is 0.130. The Morgan fingerprint density at radius 2 is 1.95 bits per heavy atom. The van der Waals surface area contributed by atoms with E-state index >= 15 is 0 Å². The van der Waals surface area contributed by atoms with Gasteiger partial charge in [0, 0.05) is 11.3 Å². The first kappa shape index (κ1) is 14.5. The number of thioether (sulfide) groups is 1. The molecule has 0 aliphatic rings. The highest BCUT2D eigenvalue weighted by molar-refractivity contribution is 7.99. The van der Waals surface area contributed by atoms with Crippen molar-refractivity contribution in [3.63, 3.8) is 0 Å². The van der Waals surface area contributed by atoms with Crippen molar-refractivity contribution >= 4 is 17.7 Å². The SMILES string of the molecule is Cc1ccc(-c2ccc(SCCC(=O)O)nn2)cc1C. The smallest absolute Gasteiger partial charge is 0.304 e. The maximum Gasteiger partial charge on any atom is 0.304 e. The van der Waals surface area contributed by atoms with E-state index in [1.54, 1.807) is 0 Å². The summed E-state index contributed by atoms with van der Waals surface area (Å²) in [5, 5.41) is 17.7. The number of nitrogens with zero attached hydrogens (tertiary/aromatic N) is 2. The van der Waals surface area contributed by atoms with Gasteiger partial charge in [-0.2, -0.15) is 0 Å². The maximum atomic E-state index is 10.4. The topological polar surface area (TPSA) is 63.1 Å². The molecule has 0 fully saturated rings. The van der Waals surface area contributed by atoms with Gasteiger partial charge in [0.1, 0.15) is 5.03 Å². The summed E-state index contributed by atoms with van der Waals surface area (Å²) >= 11 is 1.40. The quantitative estimate of drug-likeness (QED) is 0.855. The average Bonchev–Trinajstić information content (AvgIpc) is 2.42. The number of aliphatic carboxylic acids is 1. The summed E-state index contributed by atoms with van der Waals surface area (Å²) in [6.45, 7) is 4.15. The molecule has 2 rings (SSSR count). The van der Waals surface area contributed by atoms with Crippen molar-refractivity contribution in [3.05, 3.63) is 41.5 Å². The fraction of sp³-hybridized carbons (Fsp3) is 0.267. The van der Waals surface area contributed by atoms with Crippen LogP contribution in [0.5, 0.6) is 0 Å². The minimum Gasteiger partial charge on any atom is -0.481 e. The lowest BCUT2D eigenvalue weighted by atomic mass is 10.0. The minimum absolute atomic E-state index is 0.130. The maximum absolute atomic E-state index is 10.4. The Morgan fingerprint density at radius 1 is 1.15 bits per heavy atom. The molecule has 2 aromatic rings. The summed E-state index contributed by atoms with van der Waals surface area (Å²) in [6, 6.07) is 9.99. The molecule has 0 aliphatic carbocycles. The van der Waals surface area contributed by atoms with E-state index in [1.165, 1.54) is 22.9 Å². The van der Waals surface area contributed by atoms with Crippen LogP contribution in [0.2, 0.25) is 0 Å². The van der Waals surface area contributed by atoms with Gasteiger partial charge in [0.25, 0.3) is 0 Å². The zero-order chi connectivity index (χ0) is 14.5. The predicted octanol–water partition coefficient (Wildman–Crippen LogP) is 3.33. The van der Waals surface area contributed by atoms with E-state index in [1.807, 2.05) is 18.2 Å². The van der Waals surface area contributed by atoms with Gasteiger partial charge in [0.05, 0.1) is 12.1 Å². The van der Waals surface area contributed by atoms with E-state index in [2.05, 4.69) is 36.2 Å². The van der Waals surface area contributed by atoms with Gasteiger partial charge in [-0.15, -0.1) is 22.0 Å². The molecule has 0 unspecified atom stereocenters. The van der Waals surface area contributed by atoms with E-state index in [0.29, 0.717) is 5.75 Å². The standard InChI is InChI=1S/C15H16N2O2S/c1-10-3-4-12(9-11(10)2)13-5-6-14(17-16-13)20-8-7-15(18)19/h3-6,9H,7-8H2,1-2H3,(H,18,19). The lowest BCUT2D eigenvalue weighted by Gasteiger charge is -2.05. The first-order valence-corrected chi connectivity index (χ1v) is 7.31. The van der Waals surface area contributed by atoms with E-state index in [4.69, 9.17) is 5.11 Å². The van der Waals surface area contributed by atoms with E-state index in [-0.39, 0.29) is 6.42 Å². The van der Waals surface area contributed by atoms with Gasteiger partial charge < -0.3 is 5.11 Å². The van der Waals surface area contributed by atoms with Gasteiger partial charge in [0.2, 0.25) is 0 Å². The molecule has 20 heavy (non-hydrogen) atoms. The van der Waals surface area contributed by atoms with Gasteiger partial charge >= 0.3 is 5.97 Å². The monoisotopic (exact) mass is 288 g/mol. The number of hydrogen-bond donors (Lipinski definition) is 1. The zero-order valence-electron chi connectivity index (χ0n) is 11.5. The van der Waals surface area contributed by atoms with Crippen molar-refractivity contribution in [1.29, 1.82) is 0 Å². The van der Waals surface area contributed by atoms with Crippen LogP contribution in [0.3, 0.4) is 0 Å². The van der Waals surface area contributed by atoms with Crippen molar-refractivity contribution in [2.45, 2.75) is 25.3 Å². The molecule has 0 aliphatic heterocycles. The number of carboxylic acid groups (broad SMARTS) is 1. The molecule has 1 aromatic carbocycles. The molecule has 0 atom stereocenters. The Balaban J connectivity index is 2.07. The third kappa shape index (κ3) is 3.81. The summed E-state index contributed by atoms with van der Waals surface area (Å²) in [7, 11) is 0. The second-order valence-electron chi connectivity index (χ2n) is 4.55. The molecule has 0 spiro atoms. The number of benzene rings is 1. The Labute approximate surface area is 122 Å². The molecule has 1 heterocycles. The van der Waals surface area contributed by atoms with Crippen LogP contribution in [0, 0.1) is 13.8 Å². The molecular formula is C15H16N2O2S. The van der Waals surface area contributed by atoms with Crippen molar-refractivity contribution in [1.82, 2.24) is 10.2 Å². The molecule has 5 heteroatoms. The van der Waals surface area contributed by atoms with Gasteiger partial charge in [-0.1, -0.05) is 12.1 Å². The Bertz CT molecular complexity index is 612. The molecule has 0 saturated heterocycles. The number of aromatic nitrogens is 2. The van der Waals surface area contributed by atoms with Crippen LogP contribution in [-0.2, 0) is 4.79 Å². The molecule has 0 bridgehead atoms. The normalized spacial score (nSPS) is 10.5. The fourth-order valence-electron chi connectivity index (χ4n) is 1.69. The number of carbonyl (C=O) groups is 1. The van der Waals surface area contributed by atoms with E-state index < -0.39 is 5.97 Å². The average molecular weight is 288 g/mol. The Hall–Kier alpha value is -1.88. The molecule has 4 nitrogen and oxygen atoms in total. The Kier molecular flexibility index (Phi) is 4.74. The van der Waals surface area contributed by atoms with Crippen LogP contribution in [0.1, 0.15) is 17.5 Å². The van der Waals surface area contributed by atoms with Gasteiger partial charge in [-0.3, -0.25) is 4.79 Å². The Morgan fingerprint density at radius 3 is 2.55 bits per heavy atom. The fourth-order valence-corrected chi connectivity index (χ4v) is 2.44. The van der Waals surface area contributed by atoms with E-state index in [0.717, 1.165) is 16.3 Å². The summed E-state index contributed by atoms with van der Waals surface area (Å²) < 4.78 is 0. The lowest BCUT2D eigenvalue weighted by molar-refractivity contribution is -0.136. The largest absolute Gasteiger partial charge is 0.481 e. The molecule has 0 amide bonds. The van der Waals surface area contributed by atoms with Crippen LogP contribution < -0.4 is 0 Å². The first-order valence-electron chi connectivity index (χ1n) is 6.32. The molecule has 0 saturated carbocycles. The zero-order valence-corrected chi connectivity index (χ0v) is 12.3. The van der Waals surface area contributed by atoms with Crippen molar-refractivity contribution in [2.24, 2.45) is 0 Å². The van der Waals surface area contributed by atoms with Crippen LogP contribution >= 0.6 is 11.8 Å². The number of aryl methyl sites for hydroxylation is 2. The highest BCUT2D eigenvalue weighted by Crippen LogP contribution is 2.22. The summed E-state index contributed by atoms with van der Waals surface area (Å²) in [5.41, 5.74) is 4.35. The molecule has 1 aromatic heterocycles. The van der Waals surface area contributed by atoms with Crippen LogP contribution in [-0.4, -0.2) is 27.0 Å². The van der Waals surface area contributed by atoms with Gasteiger partial charge in [-0.05, 0) is 43.2 Å². The summed E-state index contributed by atoms with van der Waals surface area (Å²) in [5.74, 6) is -0.287. The molecular weight excluding hydrogens is 272 g/mol. The predicted molar refractivity (Wildman–Crippen MR) is 79.9 cm³/mol. The second kappa shape index (κ2) is 6.52. The third-order valence-corrected chi connectivity index (χ3v) is 3.93.